The van der Waals surface area contributed by atoms with E-state index in [2.05, 4.69) is 31.2 Å². The number of nitrogens with one attached hydrogen (secondary N) is 2. The summed E-state index contributed by atoms with van der Waals surface area (Å²) in [6.07, 6.45) is 8.71. The number of likely N-dealkylation sites (tertiary alicyclic amines) is 1. The number of imidazole rings is 1. The normalized spacial score (nSPS) is 16.8. The monoisotopic (exact) mass is 285 g/mol. The Balaban J connectivity index is 1.46. The van der Waals surface area contributed by atoms with Crippen LogP contribution in [0.1, 0.15) is 28.9 Å². The number of H-pyrrole nitrogens is 1. The summed E-state index contributed by atoms with van der Waals surface area (Å²) in [4.78, 5) is 25.2. The van der Waals surface area contributed by atoms with E-state index in [1.165, 1.54) is 11.9 Å². The van der Waals surface area contributed by atoms with Gasteiger partial charge in [0.1, 0.15) is 5.69 Å². The van der Waals surface area contributed by atoms with Crippen LogP contribution in [0, 0.1) is 0 Å². The quantitative estimate of drug-likeness (QED) is 0.885. The molecule has 0 unspecified atom stereocenters. The molecule has 1 fully saturated rings. The lowest BCUT2D eigenvalue weighted by atomic mass is 10.0. The molecule has 0 atom stereocenters. The van der Waals surface area contributed by atoms with E-state index in [9.17, 15) is 4.79 Å². The third-order valence-electron chi connectivity index (χ3n) is 3.79. The molecule has 3 heterocycles. The third-order valence-corrected chi connectivity index (χ3v) is 3.79. The Hall–Kier alpha value is -2.21. The first-order chi connectivity index (χ1) is 10.3. The Kier molecular flexibility index (Phi) is 4.25. The molecule has 2 aromatic rings. The van der Waals surface area contributed by atoms with Crippen LogP contribution in [0.5, 0.6) is 0 Å². The number of nitrogens with zero attached hydrogens (tertiary/aromatic N) is 3. The molecule has 0 aromatic carbocycles. The second-order valence-corrected chi connectivity index (χ2v) is 5.35. The van der Waals surface area contributed by atoms with Crippen LogP contribution >= 0.6 is 0 Å². The maximum atomic E-state index is 11.9. The average molecular weight is 285 g/mol. The predicted octanol–water partition coefficient (Wildman–Crippen LogP) is 1.20. The van der Waals surface area contributed by atoms with E-state index >= 15 is 0 Å². The van der Waals surface area contributed by atoms with E-state index in [0.717, 1.165) is 32.5 Å². The number of carbonyl (C=O) groups is 1. The Morgan fingerprint density at radius 2 is 2.19 bits per heavy atom. The summed E-state index contributed by atoms with van der Waals surface area (Å²) in [5.74, 6) is -0.0711. The van der Waals surface area contributed by atoms with Gasteiger partial charge in [-0.1, -0.05) is 6.07 Å². The second-order valence-electron chi connectivity index (χ2n) is 5.35. The van der Waals surface area contributed by atoms with Crippen molar-refractivity contribution >= 4 is 5.91 Å². The lowest BCUT2D eigenvalue weighted by Gasteiger charge is -2.32. The van der Waals surface area contributed by atoms with Crippen molar-refractivity contribution < 1.29 is 4.79 Å². The molecule has 0 spiro atoms. The standard InChI is InChI=1S/C15H19N5O/c21-15(14-9-17-11-18-14)19-13-3-6-20(7-4-13)10-12-2-1-5-16-8-12/h1-2,5,8-9,11,13H,3-4,6-7,10H2,(H,17,18)(H,19,21). The van der Waals surface area contributed by atoms with Gasteiger partial charge in [-0.15, -0.1) is 0 Å². The van der Waals surface area contributed by atoms with Gasteiger partial charge >= 0.3 is 0 Å². The number of aromatic amines is 1. The first-order valence-electron chi connectivity index (χ1n) is 7.22. The minimum absolute atomic E-state index is 0.0711. The van der Waals surface area contributed by atoms with Gasteiger partial charge in [0.15, 0.2) is 0 Å². The van der Waals surface area contributed by atoms with Crippen molar-refractivity contribution in [2.24, 2.45) is 0 Å². The number of piperidine rings is 1. The van der Waals surface area contributed by atoms with Crippen LogP contribution in [-0.2, 0) is 6.54 Å². The highest BCUT2D eigenvalue weighted by atomic mass is 16.1. The van der Waals surface area contributed by atoms with Crippen molar-refractivity contribution in [2.75, 3.05) is 13.1 Å². The van der Waals surface area contributed by atoms with Gasteiger partial charge < -0.3 is 10.3 Å². The van der Waals surface area contributed by atoms with E-state index in [1.54, 1.807) is 12.4 Å². The van der Waals surface area contributed by atoms with Crippen LogP contribution in [0.25, 0.3) is 0 Å². The predicted molar refractivity (Wildman–Crippen MR) is 78.6 cm³/mol. The highest BCUT2D eigenvalue weighted by molar-refractivity contribution is 5.92. The second kappa shape index (κ2) is 6.49. The van der Waals surface area contributed by atoms with E-state index in [1.807, 2.05) is 12.3 Å². The van der Waals surface area contributed by atoms with Crippen molar-refractivity contribution in [1.29, 1.82) is 0 Å². The molecule has 2 aromatic heterocycles. The van der Waals surface area contributed by atoms with Gasteiger partial charge in [-0.05, 0) is 24.5 Å². The molecule has 110 valence electrons. The molecule has 1 aliphatic rings. The highest BCUT2D eigenvalue weighted by Crippen LogP contribution is 2.13. The number of hydrogen-bond donors (Lipinski definition) is 2. The smallest absolute Gasteiger partial charge is 0.269 e. The van der Waals surface area contributed by atoms with Gasteiger partial charge in [0.2, 0.25) is 0 Å². The third kappa shape index (κ3) is 3.66. The molecule has 1 amide bonds. The van der Waals surface area contributed by atoms with Gasteiger partial charge in [-0.2, -0.15) is 0 Å². The van der Waals surface area contributed by atoms with Crippen molar-refractivity contribution in [1.82, 2.24) is 25.2 Å². The summed E-state index contributed by atoms with van der Waals surface area (Å²) in [6.45, 7) is 2.90. The van der Waals surface area contributed by atoms with Crippen molar-refractivity contribution in [3.63, 3.8) is 0 Å². The number of pyridine rings is 1. The van der Waals surface area contributed by atoms with E-state index in [4.69, 9.17) is 0 Å². The Morgan fingerprint density at radius 1 is 1.33 bits per heavy atom. The van der Waals surface area contributed by atoms with Crippen molar-refractivity contribution in [3.05, 3.63) is 48.3 Å². The highest BCUT2D eigenvalue weighted by Gasteiger charge is 2.21. The lowest BCUT2D eigenvalue weighted by Crippen LogP contribution is -2.44. The minimum atomic E-state index is -0.0711. The topological polar surface area (TPSA) is 73.9 Å². The first kappa shape index (κ1) is 13.8. The molecule has 2 N–H and O–H groups in total. The number of carbonyl (C=O) groups excluding carboxylic acids is 1. The zero-order valence-electron chi connectivity index (χ0n) is 11.8. The zero-order chi connectivity index (χ0) is 14.5. The van der Waals surface area contributed by atoms with Crippen molar-refractivity contribution in [3.8, 4) is 0 Å². The molecule has 21 heavy (non-hydrogen) atoms. The molecule has 1 saturated heterocycles. The molecule has 0 bridgehead atoms. The summed E-state index contributed by atoms with van der Waals surface area (Å²) in [7, 11) is 0. The lowest BCUT2D eigenvalue weighted by molar-refractivity contribution is 0.0904. The van der Waals surface area contributed by atoms with Gasteiger partial charge in [-0.3, -0.25) is 14.7 Å². The molecule has 0 radical (unpaired) electrons. The molecule has 1 aliphatic heterocycles. The molecule has 0 aliphatic carbocycles. The summed E-state index contributed by atoms with van der Waals surface area (Å²) >= 11 is 0. The minimum Gasteiger partial charge on any atom is -0.348 e. The van der Waals surface area contributed by atoms with Crippen LogP contribution in [-0.4, -0.2) is 44.9 Å². The number of aromatic nitrogens is 3. The van der Waals surface area contributed by atoms with Gasteiger partial charge in [0.05, 0.1) is 12.5 Å². The Bertz CT molecular complexity index is 561. The number of amides is 1. The fourth-order valence-electron chi connectivity index (χ4n) is 2.63. The number of rotatable bonds is 4. The Morgan fingerprint density at radius 3 is 2.86 bits per heavy atom. The van der Waals surface area contributed by atoms with Crippen LogP contribution in [0.4, 0.5) is 0 Å². The maximum absolute atomic E-state index is 11.9. The largest absolute Gasteiger partial charge is 0.348 e. The molecule has 6 nitrogen and oxygen atoms in total. The molecule has 0 saturated carbocycles. The number of hydrogen-bond acceptors (Lipinski definition) is 4. The van der Waals surface area contributed by atoms with Crippen LogP contribution in [0.15, 0.2) is 37.1 Å². The molecule has 3 rings (SSSR count). The van der Waals surface area contributed by atoms with Crippen LogP contribution < -0.4 is 5.32 Å². The fraction of sp³-hybridized carbons (Fsp3) is 0.400. The van der Waals surface area contributed by atoms with Gasteiger partial charge in [0.25, 0.3) is 5.91 Å². The molecular formula is C15H19N5O. The maximum Gasteiger partial charge on any atom is 0.269 e. The fourth-order valence-corrected chi connectivity index (χ4v) is 2.63. The van der Waals surface area contributed by atoms with E-state index in [0.29, 0.717) is 5.69 Å². The summed E-state index contributed by atoms with van der Waals surface area (Å²) < 4.78 is 0. The van der Waals surface area contributed by atoms with Crippen LogP contribution in [0.2, 0.25) is 0 Å². The van der Waals surface area contributed by atoms with E-state index in [-0.39, 0.29) is 11.9 Å². The van der Waals surface area contributed by atoms with Crippen LogP contribution in [0.3, 0.4) is 0 Å². The van der Waals surface area contributed by atoms with E-state index < -0.39 is 0 Å². The van der Waals surface area contributed by atoms with Gasteiger partial charge in [-0.25, -0.2) is 4.98 Å². The Labute approximate surface area is 123 Å². The summed E-state index contributed by atoms with van der Waals surface area (Å²) in [5.41, 5.74) is 1.75. The zero-order valence-corrected chi connectivity index (χ0v) is 11.8. The SMILES string of the molecule is O=C(NC1CCN(Cc2cccnc2)CC1)c1cnc[nH]1. The average Bonchev–Trinajstić information content (AvgIpc) is 3.05. The van der Waals surface area contributed by atoms with Gasteiger partial charge in [0, 0.05) is 38.1 Å². The summed E-state index contributed by atoms with van der Waals surface area (Å²) in [5, 5.41) is 3.06. The molecule has 6 heteroatoms. The van der Waals surface area contributed by atoms with Crippen molar-refractivity contribution in [2.45, 2.75) is 25.4 Å². The molecular weight excluding hydrogens is 266 g/mol. The summed E-state index contributed by atoms with van der Waals surface area (Å²) in [6, 6.07) is 4.30. The first-order valence-corrected chi connectivity index (χ1v) is 7.22.